The zero-order chi connectivity index (χ0) is 25.8. The lowest BCUT2D eigenvalue weighted by atomic mass is 10.1. The molecule has 1 heterocycles. The summed E-state index contributed by atoms with van der Waals surface area (Å²) in [6.45, 7) is 1.64. The minimum atomic E-state index is -4.65. The first kappa shape index (κ1) is 26.4. The van der Waals surface area contributed by atoms with E-state index in [1.807, 2.05) is 72.8 Å². The summed E-state index contributed by atoms with van der Waals surface area (Å²) in [7, 11) is -4.65. The van der Waals surface area contributed by atoms with Crippen molar-refractivity contribution in [1.82, 2.24) is 9.97 Å². The maximum absolute atomic E-state index is 11.0. The molecule has 11 heteroatoms. The molecular formula is C25H25ClN3O5PS. The standard InChI is InChI=1S/C25H25ClN3O5PS/c1-25(27,16-34-35(30,31)32)24-28-14-23(29-24)21-11-10-20(13-22(21)26)36-19-9-5-8-18(12-19)33-15-17-6-3-2-4-7-17/h2-14H,15-16,27H2,1H3,(H,28,29)(H2,30,31,32)/t25-/m0/s1. The molecule has 0 aliphatic heterocycles. The van der Waals surface area contributed by atoms with Crippen molar-refractivity contribution in [2.24, 2.45) is 5.73 Å². The van der Waals surface area contributed by atoms with Crippen LogP contribution in [0.3, 0.4) is 0 Å². The fourth-order valence-corrected chi connectivity index (χ4v) is 5.01. The Morgan fingerprint density at radius 2 is 1.83 bits per heavy atom. The van der Waals surface area contributed by atoms with Crippen molar-refractivity contribution in [3.8, 4) is 17.0 Å². The number of hydrogen-bond acceptors (Lipinski definition) is 6. The van der Waals surface area contributed by atoms with E-state index in [-0.39, 0.29) is 0 Å². The highest BCUT2D eigenvalue weighted by Crippen LogP contribution is 2.38. The van der Waals surface area contributed by atoms with E-state index in [2.05, 4.69) is 14.5 Å². The molecule has 0 saturated heterocycles. The van der Waals surface area contributed by atoms with Gasteiger partial charge in [0.2, 0.25) is 0 Å². The SMILES string of the molecule is C[C@](N)(COP(=O)(O)O)c1ncc(-c2ccc(Sc3cccc(OCc4ccccc4)c3)cc2Cl)[nH]1. The van der Waals surface area contributed by atoms with Crippen LogP contribution >= 0.6 is 31.2 Å². The molecule has 1 aromatic heterocycles. The number of phosphoric ester groups is 1. The third-order valence-corrected chi connectivity index (χ3v) is 6.93. The van der Waals surface area contributed by atoms with E-state index < -0.39 is 20.0 Å². The van der Waals surface area contributed by atoms with Gasteiger partial charge in [-0.3, -0.25) is 4.52 Å². The quantitative estimate of drug-likeness (QED) is 0.185. The summed E-state index contributed by atoms with van der Waals surface area (Å²) in [5.41, 5.74) is 7.34. The van der Waals surface area contributed by atoms with Crippen molar-refractivity contribution in [1.29, 1.82) is 0 Å². The molecule has 0 fully saturated rings. The zero-order valence-corrected chi connectivity index (χ0v) is 21.8. The Balaban J connectivity index is 1.43. The molecule has 3 aromatic carbocycles. The van der Waals surface area contributed by atoms with E-state index in [1.54, 1.807) is 24.9 Å². The molecule has 4 aromatic rings. The van der Waals surface area contributed by atoms with Crippen molar-refractivity contribution in [3.63, 3.8) is 0 Å². The lowest BCUT2D eigenvalue weighted by molar-refractivity contribution is 0.155. The number of nitrogens with one attached hydrogen (secondary N) is 1. The normalized spacial score (nSPS) is 13.4. The van der Waals surface area contributed by atoms with Crippen LogP contribution in [-0.4, -0.2) is 26.4 Å². The Bertz CT molecular complexity index is 1380. The number of aromatic amines is 1. The van der Waals surface area contributed by atoms with Crippen molar-refractivity contribution >= 4 is 31.2 Å². The van der Waals surface area contributed by atoms with Crippen LogP contribution in [-0.2, 0) is 21.2 Å². The van der Waals surface area contributed by atoms with Crippen LogP contribution in [0.4, 0.5) is 0 Å². The number of halogens is 1. The Kier molecular flexibility index (Phi) is 8.22. The molecule has 4 rings (SSSR count). The number of aromatic nitrogens is 2. The summed E-state index contributed by atoms with van der Waals surface area (Å²) < 4.78 is 21.5. The summed E-state index contributed by atoms with van der Waals surface area (Å²) >= 11 is 8.14. The average Bonchev–Trinajstić information content (AvgIpc) is 3.33. The molecule has 36 heavy (non-hydrogen) atoms. The van der Waals surface area contributed by atoms with Gasteiger partial charge < -0.3 is 25.2 Å². The van der Waals surface area contributed by atoms with E-state index in [0.717, 1.165) is 21.1 Å². The molecule has 1 atom stereocenters. The number of nitrogens with zero attached hydrogens (tertiary/aromatic N) is 1. The van der Waals surface area contributed by atoms with Gasteiger partial charge in [-0.25, -0.2) is 9.55 Å². The first-order valence-corrected chi connectivity index (χ1v) is 13.6. The molecule has 8 nitrogen and oxygen atoms in total. The average molecular weight is 546 g/mol. The van der Waals surface area contributed by atoms with Crippen molar-refractivity contribution in [2.75, 3.05) is 6.61 Å². The van der Waals surface area contributed by atoms with Crippen molar-refractivity contribution in [2.45, 2.75) is 28.9 Å². The number of H-pyrrole nitrogens is 1. The minimum absolute atomic E-state index is 0.313. The van der Waals surface area contributed by atoms with E-state index >= 15 is 0 Å². The Labute approximate surface area is 218 Å². The fourth-order valence-electron chi connectivity index (χ4n) is 3.32. The highest BCUT2D eigenvalue weighted by Gasteiger charge is 2.29. The maximum atomic E-state index is 11.0. The smallest absolute Gasteiger partial charge is 0.469 e. The molecule has 0 spiro atoms. The number of phosphoric acid groups is 1. The van der Waals surface area contributed by atoms with Crippen LogP contribution in [0.2, 0.25) is 5.02 Å². The van der Waals surface area contributed by atoms with E-state index in [9.17, 15) is 4.57 Å². The summed E-state index contributed by atoms with van der Waals surface area (Å²) in [4.78, 5) is 27.2. The first-order valence-electron chi connectivity index (χ1n) is 10.9. The van der Waals surface area contributed by atoms with E-state index in [1.165, 1.54) is 0 Å². The maximum Gasteiger partial charge on any atom is 0.469 e. The number of rotatable bonds is 10. The summed E-state index contributed by atoms with van der Waals surface area (Å²) in [6, 6.07) is 23.5. The number of ether oxygens (including phenoxy) is 1. The second-order valence-electron chi connectivity index (χ2n) is 8.32. The highest BCUT2D eigenvalue weighted by molar-refractivity contribution is 7.99. The molecule has 5 N–H and O–H groups in total. The third-order valence-electron chi connectivity index (χ3n) is 5.17. The second kappa shape index (κ2) is 11.2. The van der Waals surface area contributed by atoms with E-state index in [4.69, 9.17) is 31.9 Å². The lowest BCUT2D eigenvalue weighted by Crippen LogP contribution is -2.39. The monoisotopic (exact) mass is 545 g/mol. The third kappa shape index (κ3) is 7.21. The Morgan fingerprint density at radius 3 is 2.56 bits per heavy atom. The number of nitrogens with two attached hydrogens (primary N) is 1. The van der Waals surface area contributed by atoms with Gasteiger partial charge in [-0.1, -0.05) is 65.8 Å². The Morgan fingerprint density at radius 1 is 1.08 bits per heavy atom. The van der Waals surface area contributed by atoms with Gasteiger partial charge in [0, 0.05) is 15.4 Å². The summed E-state index contributed by atoms with van der Waals surface area (Å²) in [5.74, 6) is 1.09. The van der Waals surface area contributed by atoms with Crippen LogP contribution in [0.15, 0.2) is 88.8 Å². The highest BCUT2D eigenvalue weighted by atomic mass is 35.5. The Hall–Kier alpha value is -2.62. The van der Waals surface area contributed by atoms with Crippen LogP contribution in [0, 0.1) is 0 Å². The topological polar surface area (TPSA) is 131 Å². The number of imidazole rings is 1. The molecule has 0 bridgehead atoms. The van der Waals surface area contributed by atoms with Crippen molar-refractivity contribution in [3.05, 3.63) is 95.4 Å². The van der Waals surface area contributed by atoms with E-state index in [0.29, 0.717) is 28.7 Å². The second-order valence-corrected chi connectivity index (χ2v) is 11.1. The summed E-state index contributed by atoms with van der Waals surface area (Å²) in [5, 5.41) is 0.511. The largest absolute Gasteiger partial charge is 0.489 e. The van der Waals surface area contributed by atoms with Crippen LogP contribution < -0.4 is 10.5 Å². The van der Waals surface area contributed by atoms with Crippen LogP contribution in [0.25, 0.3) is 11.3 Å². The molecule has 0 radical (unpaired) electrons. The van der Waals surface area contributed by atoms with Gasteiger partial charge >= 0.3 is 7.82 Å². The van der Waals surface area contributed by atoms with Gasteiger partial charge in [0.1, 0.15) is 18.2 Å². The van der Waals surface area contributed by atoms with Crippen molar-refractivity contribution < 1.29 is 23.6 Å². The molecule has 0 amide bonds. The van der Waals surface area contributed by atoms with Crippen LogP contribution in [0.5, 0.6) is 5.75 Å². The summed E-state index contributed by atoms with van der Waals surface area (Å²) in [6.07, 6.45) is 1.57. The van der Waals surface area contributed by atoms with Gasteiger partial charge in [0.15, 0.2) is 0 Å². The van der Waals surface area contributed by atoms with Crippen LogP contribution in [0.1, 0.15) is 18.3 Å². The molecule has 0 saturated carbocycles. The molecule has 0 aliphatic rings. The molecule has 188 valence electrons. The predicted molar refractivity (Wildman–Crippen MR) is 140 cm³/mol. The van der Waals surface area contributed by atoms with Gasteiger partial charge in [-0.05, 0) is 42.8 Å². The predicted octanol–water partition coefficient (Wildman–Crippen LogP) is 5.74. The lowest BCUT2D eigenvalue weighted by Gasteiger charge is -2.22. The number of benzene rings is 3. The van der Waals surface area contributed by atoms with Gasteiger partial charge in [-0.2, -0.15) is 0 Å². The molecular weight excluding hydrogens is 521 g/mol. The number of hydrogen-bond donors (Lipinski definition) is 4. The molecule has 0 unspecified atom stereocenters. The minimum Gasteiger partial charge on any atom is -0.489 e. The van der Waals surface area contributed by atoms with Gasteiger partial charge in [-0.15, -0.1) is 0 Å². The zero-order valence-electron chi connectivity index (χ0n) is 19.3. The fraction of sp³-hybridized carbons (Fsp3) is 0.160. The first-order chi connectivity index (χ1) is 17.1. The van der Waals surface area contributed by atoms with Gasteiger partial charge in [0.05, 0.1) is 29.1 Å². The van der Waals surface area contributed by atoms with Gasteiger partial charge in [0.25, 0.3) is 0 Å². The molecule has 0 aliphatic carbocycles.